The first kappa shape index (κ1) is 17.3. The maximum Gasteiger partial charge on any atom is 0.332 e. The van der Waals surface area contributed by atoms with Crippen molar-refractivity contribution in [2.45, 2.75) is 13.8 Å². The van der Waals surface area contributed by atoms with Gasteiger partial charge >= 0.3 is 5.97 Å². The number of hydrogen-bond acceptors (Lipinski definition) is 6. The molecule has 108 valence electrons. The second kappa shape index (κ2) is 14.4. The van der Waals surface area contributed by atoms with Gasteiger partial charge in [0.2, 0.25) is 0 Å². The lowest BCUT2D eigenvalue weighted by Gasteiger charge is -2.07. The van der Waals surface area contributed by atoms with Crippen molar-refractivity contribution in [3.8, 4) is 0 Å². The van der Waals surface area contributed by atoms with E-state index in [4.69, 9.17) is 23.7 Å². The lowest BCUT2D eigenvalue weighted by Crippen LogP contribution is -2.18. The van der Waals surface area contributed by atoms with Gasteiger partial charge in [-0.1, -0.05) is 0 Å². The molecule has 0 aliphatic rings. The molecule has 0 radical (unpaired) electrons. The molecule has 0 N–H and O–H groups in total. The Bertz CT molecular complexity index is 185. The van der Waals surface area contributed by atoms with Crippen LogP contribution in [-0.2, 0) is 28.5 Å². The summed E-state index contributed by atoms with van der Waals surface area (Å²) < 4.78 is 25.2. The summed E-state index contributed by atoms with van der Waals surface area (Å²) in [6.07, 6.45) is 0. The molecule has 0 aromatic heterocycles. The van der Waals surface area contributed by atoms with Gasteiger partial charge in [-0.15, -0.1) is 0 Å². The van der Waals surface area contributed by atoms with E-state index in [0.29, 0.717) is 46.2 Å². The fourth-order valence-electron chi connectivity index (χ4n) is 1.04. The SMILES string of the molecule is CCOCCOCCOC(=O)COCCOCC. The summed E-state index contributed by atoms with van der Waals surface area (Å²) in [4.78, 5) is 11.1. The summed E-state index contributed by atoms with van der Waals surface area (Å²) in [5.41, 5.74) is 0. The molecule has 18 heavy (non-hydrogen) atoms. The molecule has 0 bridgehead atoms. The zero-order valence-corrected chi connectivity index (χ0v) is 11.3. The minimum atomic E-state index is -0.389. The predicted octanol–water partition coefficient (Wildman–Crippen LogP) is 0.636. The monoisotopic (exact) mass is 264 g/mol. The van der Waals surface area contributed by atoms with E-state index in [2.05, 4.69) is 0 Å². The Morgan fingerprint density at radius 3 is 1.83 bits per heavy atom. The molecule has 0 saturated heterocycles. The first-order chi connectivity index (χ1) is 8.81. The standard InChI is InChI=1S/C12H24O6/c1-3-14-5-7-16-9-10-18-12(13)11-17-8-6-15-4-2/h3-11H2,1-2H3. The molecule has 0 aliphatic carbocycles. The Hall–Kier alpha value is -0.690. The molecule has 0 aliphatic heterocycles. The van der Waals surface area contributed by atoms with Crippen LogP contribution in [0.4, 0.5) is 0 Å². The highest BCUT2D eigenvalue weighted by molar-refractivity contribution is 5.70. The van der Waals surface area contributed by atoms with E-state index in [9.17, 15) is 4.79 Å². The van der Waals surface area contributed by atoms with Crippen LogP contribution in [0.5, 0.6) is 0 Å². The summed E-state index contributed by atoms with van der Waals surface area (Å²) in [6.45, 7) is 7.67. The molecule has 0 heterocycles. The summed E-state index contributed by atoms with van der Waals surface area (Å²) in [5.74, 6) is -0.389. The Morgan fingerprint density at radius 1 is 0.722 bits per heavy atom. The Morgan fingerprint density at radius 2 is 1.22 bits per heavy atom. The largest absolute Gasteiger partial charge is 0.462 e. The van der Waals surface area contributed by atoms with Gasteiger partial charge in [-0.05, 0) is 13.8 Å². The smallest absolute Gasteiger partial charge is 0.332 e. The second-order valence-electron chi connectivity index (χ2n) is 3.28. The third kappa shape index (κ3) is 13.4. The van der Waals surface area contributed by atoms with Crippen molar-refractivity contribution in [3.05, 3.63) is 0 Å². The lowest BCUT2D eigenvalue weighted by atomic mass is 10.6. The molecule has 0 spiro atoms. The van der Waals surface area contributed by atoms with Crippen LogP contribution in [0.15, 0.2) is 0 Å². The number of carbonyl (C=O) groups is 1. The highest BCUT2D eigenvalue weighted by atomic mass is 16.6. The van der Waals surface area contributed by atoms with Gasteiger partial charge in [0, 0.05) is 13.2 Å². The molecule has 0 rings (SSSR count). The summed E-state index contributed by atoms with van der Waals surface area (Å²) in [7, 11) is 0. The highest BCUT2D eigenvalue weighted by Crippen LogP contribution is 1.85. The van der Waals surface area contributed by atoms with Crippen LogP contribution in [0.3, 0.4) is 0 Å². The molecule has 6 nitrogen and oxygen atoms in total. The zero-order chi connectivity index (χ0) is 13.5. The average Bonchev–Trinajstić information content (AvgIpc) is 2.37. The maximum atomic E-state index is 11.1. The van der Waals surface area contributed by atoms with Crippen LogP contribution in [0.1, 0.15) is 13.8 Å². The van der Waals surface area contributed by atoms with Gasteiger partial charge in [0.15, 0.2) is 0 Å². The molecule has 0 atom stereocenters. The van der Waals surface area contributed by atoms with E-state index in [1.807, 2.05) is 13.8 Å². The van der Waals surface area contributed by atoms with Crippen molar-refractivity contribution in [1.29, 1.82) is 0 Å². The van der Waals surface area contributed by atoms with Crippen LogP contribution in [-0.4, -0.2) is 65.4 Å². The van der Waals surface area contributed by atoms with E-state index >= 15 is 0 Å². The van der Waals surface area contributed by atoms with Crippen molar-refractivity contribution in [3.63, 3.8) is 0 Å². The zero-order valence-electron chi connectivity index (χ0n) is 11.3. The van der Waals surface area contributed by atoms with Gasteiger partial charge in [-0.3, -0.25) is 0 Å². The molecular weight excluding hydrogens is 240 g/mol. The third-order valence-corrected chi connectivity index (χ3v) is 1.86. The Labute approximate surface area is 108 Å². The summed E-state index contributed by atoms with van der Waals surface area (Å²) >= 11 is 0. The molecule has 6 heteroatoms. The van der Waals surface area contributed by atoms with E-state index in [-0.39, 0.29) is 19.2 Å². The van der Waals surface area contributed by atoms with Crippen molar-refractivity contribution in [1.82, 2.24) is 0 Å². The van der Waals surface area contributed by atoms with Crippen molar-refractivity contribution in [2.24, 2.45) is 0 Å². The Balaban J connectivity index is 3.12. The van der Waals surface area contributed by atoms with Gasteiger partial charge in [0.05, 0.1) is 33.0 Å². The normalized spacial score (nSPS) is 10.6. The van der Waals surface area contributed by atoms with Crippen LogP contribution in [0.2, 0.25) is 0 Å². The van der Waals surface area contributed by atoms with Crippen molar-refractivity contribution < 1.29 is 28.5 Å². The molecule has 0 saturated carbocycles. The highest BCUT2D eigenvalue weighted by Gasteiger charge is 2.02. The fraction of sp³-hybridized carbons (Fsp3) is 0.917. The van der Waals surface area contributed by atoms with E-state index in [0.717, 1.165) is 0 Å². The van der Waals surface area contributed by atoms with Gasteiger partial charge in [-0.25, -0.2) is 4.79 Å². The minimum Gasteiger partial charge on any atom is -0.462 e. The molecule has 0 amide bonds. The summed E-state index contributed by atoms with van der Waals surface area (Å²) in [6, 6.07) is 0. The molecule has 0 aromatic carbocycles. The van der Waals surface area contributed by atoms with Crippen LogP contribution in [0.25, 0.3) is 0 Å². The predicted molar refractivity (Wildman–Crippen MR) is 65.6 cm³/mol. The maximum absolute atomic E-state index is 11.1. The van der Waals surface area contributed by atoms with E-state index < -0.39 is 0 Å². The van der Waals surface area contributed by atoms with Gasteiger partial charge in [-0.2, -0.15) is 0 Å². The van der Waals surface area contributed by atoms with Crippen LogP contribution < -0.4 is 0 Å². The minimum absolute atomic E-state index is 0.0496. The second-order valence-corrected chi connectivity index (χ2v) is 3.28. The van der Waals surface area contributed by atoms with E-state index in [1.54, 1.807) is 0 Å². The van der Waals surface area contributed by atoms with E-state index in [1.165, 1.54) is 0 Å². The Kier molecular flexibility index (Phi) is 13.8. The average molecular weight is 264 g/mol. The van der Waals surface area contributed by atoms with Crippen LogP contribution >= 0.6 is 0 Å². The molecule has 0 aromatic rings. The first-order valence-electron chi connectivity index (χ1n) is 6.27. The number of rotatable bonds is 13. The van der Waals surface area contributed by atoms with Gasteiger partial charge in [0.1, 0.15) is 13.2 Å². The third-order valence-electron chi connectivity index (χ3n) is 1.86. The molecule has 0 fully saturated rings. The summed E-state index contributed by atoms with van der Waals surface area (Å²) in [5, 5.41) is 0. The number of hydrogen-bond donors (Lipinski definition) is 0. The van der Waals surface area contributed by atoms with Crippen LogP contribution in [0, 0.1) is 0 Å². The molecule has 0 unspecified atom stereocenters. The molecular formula is C12H24O6. The number of ether oxygens (including phenoxy) is 5. The van der Waals surface area contributed by atoms with Crippen molar-refractivity contribution >= 4 is 5.97 Å². The topological polar surface area (TPSA) is 63.2 Å². The number of carbonyl (C=O) groups excluding carboxylic acids is 1. The van der Waals surface area contributed by atoms with Crippen molar-refractivity contribution in [2.75, 3.05) is 59.5 Å². The first-order valence-corrected chi connectivity index (χ1v) is 6.27. The lowest BCUT2D eigenvalue weighted by molar-refractivity contribution is -0.151. The van der Waals surface area contributed by atoms with Gasteiger partial charge in [0.25, 0.3) is 0 Å². The quantitative estimate of drug-likeness (QED) is 0.359. The van der Waals surface area contributed by atoms with Gasteiger partial charge < -0.3 is 23.7 Å². The fourth-order valence-corrected chi connectivity index (χ4v) is 1.04. The number of esters is 1.